The molecule has 0 saturated carbocycles. The first-order valence-corrected chi connectivity index (χ1v) is 8.94. The van der Waals surface area contributed by atoms with Crippen LogP contribution in [-0.4, -0.2) is 65.7 Å². The largest absolute Gasteiger partial charge is 0.480 e. The zero-order valence-electron chi connectivity index (χ0n) is 12.9. The smallest absolute Gasteiger partial charge is 0.326 e. The molecular weight excluding hydrogens is 290 g/mol. The molecule has 6 nitrogen and oxygen atoms in total. The van der Waals surface area contributed by atoms with Gasteiger partial charge in [-0.25, -0.2) is 9.59 Å². The third-order valence-electron chi connectivity index (χ3n) is 3.79. The number of urea groups is 1. The molecular formula is C14H27N3O3S. The summed E-state index contributed by atoms with van der Waals surface area (Å²) in [7, 11) is 0. The minimum atomic E-state index is -0.983. The standard InChI is InChI=1S/C14H27N3O3S/c1-11(17-7-4-3-5-8-17)10-15-14(20)16-12(13(18)19)6-9-21-2/h11-12H,3-10H2,1-2H3,(H,18,19)(H2,15,16,20)/t11?,12-/m1/s1. The fourth-order valence-electron chi connectivity index (χ4n) is 2.43. The van der Waals surface area contributed by atoms with Gasteiger partial charge in [0.05, 0.1) is 0 Å². The molecule has 1 fully saturated rings. The number of nitrogens with one attached hydrogen (secondary N) is 2. The minimum Gasteiger partial charge on any atom is -0.480 e. The molecule has 0 aromatic rings. The van der Waals surface area contributed by atoms with Crippen LogP contribution in [0, 0.1) is 0 Å². The third-order valence-corrected chi connectivity index (χ3v) is 4.43. The van der Waals surface area contributed by atoms with Gasteiger partial charge in [0.25, 0.3) is 0 Å². The van der Waals surface area contributed by atoms with Crippen molar-refractivity contribution >= 4 is 23.8 Å². The van der Waals surface area contributed by atoms with Crippen molar-refractivity contribution in [2.75, 3.05) is 31.6 Å². The van der Waals surface area contributed by atoms with E-state index < -0.39 is 18.0 Å². The van der Waals surface area contributed by atoms with Gasteiger partial charge in [0.15, 0.2) is 0 Å². The highest BCUT2D eigenvalue weighted by atomic mass is 32.2. The normalized spacial score (nSPS) is 18.8. The van der Waals surface area contributed by atoms with Gasteiger partial charge in [0, 0.05) is 12.6 Å². The lowest BCUT2D eigenvalue weighted by atomic mass is 10.1. The maximum Gasteiger partial charge on any atom is 0.326 e. The summed E-state index contributed by atoms with van der Waals surface area (Å²) in [5.41, 5.74) is 0. The van der Waals surface area contributed by atoms with Crippen LogP contribution in [0.5, 0.6) is 0 Å². The molecule has 1 heterocycles. The fraction of sp³-hybridized carbons (Fsp3) is 0.857. The number of carboxylic acids is 1. The van der Waals surface area contributed by atoms with Gasteiger partial charge in [-0.05, 0) is 51.3 Å². The SMILES string of the molecule is CSCC[C@@H](NC(=O)NCC(C)N1CCCCC1)C(=O)O. The Labute approximate surface area is 131 Å². The van der Waals surface area contributed by atoms with E-state index in [2.05, 4.69) is 22.5 Å². The molecule has 21 heavy (non-hydrogen) atoms. The van der Waals surface area contributed by atoms with Gasteiger partial charge in [-0.2, -0.15) is 11.8 Å². The average Bonchev–Trinajstić information content (AvgIpc) is 2.49. The topological polar surface area (TPSA) is 81.7 Å². The number of nitrogens with zero attached hydrogens (tertiary/aromatic N) is 1. The van der Waals surface area contributed by atoms with Gasteiger partial charge in [0.2, 0.25) is 0 Å². The predicted molar refractivity (Wildman–Crippen MR) is 85.8 cm³/mol. The zero-order chi connectivity index (χ0) is 15.7. The van der Waals surface area contributed by atoms with Gasteiger partial charge in [-0.3, -0.25) is 4.90 Å². The van der Waals surface area contributed by atoms with E-state index in [0.717, 1.165) is 13.1 Å². The number of carbonyl (C=O) groups is 2. The number of piperidine rings is 1. The minimum absolute atomic E-state index is 0.283. The number of carbonyl (C=O) groups excluding carboxylic acids is 1. The van der Waals surface area contributed by atoms with Crippen LogP contribution in [0.15, 0.2) is 0 Å². The monoisotopic (exact) mass is 317 g/mol. The zero-order valence-corrected chi connectivity index (χ0v) is 13.7. The Hall–Kier alpha value is -0.950. The number of likely N-dealkylation sites (tertiary alicyclic amines) is 1. The summed E-state index contributed by atoms with van der Waals surface area (Å²) in [5, 5.41) is 14.4. The van der Waals surface area contributed by atoms with E-state index in [1.165, 1.54) is 19.3 Å². The van der Waals surface area contributed by atoms with Gasteiger partial charge in [-0.15, -0.1) is 0 Å². The van der Waals surface area contributed by atoms with E-state index in [1.54, 1.807) is 11.8 Å². The summed E-state index contributed by atoms with van der Waals surface area (Å²) < 4.78 is 0. The molecule has 3 N–H and O–H groups in total. The van der Waals surface area contributed by atoms with Crippen molar-refractivity contribution in [1.82, 2.24) is 15.5 Å². The number of aliphatic carboxylic acids is 1. The van der Waals surface area contributed by atoms with Gasteiger partial charge < -0.3 is 15.7 Å². The van der Waals surface area contributed by atoms with Crippen molar-refractivity contribution in [1.29, 1.82) is 0 Å². The van der Waals surface area contributed by atoms with Crippen molar-refractivity contribution < 1.29 is 14.7 Å². The molecule has 2 atom stereocenters. The van der Waals surface area contributed by atoms with Crippen LogP contribution in [0.3, 0.4) is 0 Å². The summed E-state index contributed by atoms with van der Waals surface area (Å²) in [6.07, 6.45) is 6.07. The highest BCUT2D eigenvalue weighted by Gasteiger charge is 2.21. The van der Waals surface area contributed by atoms with Gasteiger partial charge in [-0.1, -0.05) is 6.42 Å². The molecule has 1 aliphatic heterocycles. The van der Waals surface area contributed by atoms with Gasteiger partial charge in [0.1, 0.15) is 6.04 Å². The van der Waals surface area contributed by atoms with E-state index >= 15 is 0 Å². The summed E-state index contributed by atoms with van der Waals surface area (Å²) in [5.74, 6) is -0.273. The molecule has 0 aromatic heterocycles. The molecule has 0 aliphatic carbocycles. The van der Waals surface area contributed by atoms with Crippen molar-refractivity contribution in [3.05, 3.63) is 0 Å². The fourth-order valence-corrected chi connectivity index (χ4v) is 2.90. The van der Waals surface area contributed by atoms with E-state index in [9.17, 15) is 9.59 Å². The Morgan fingerprint density at radius 1 is 1.29 bits per heavy atom. The Bertz CT molecular complexity index is 335. The van der Waals surface area contributed by atoms with E-state index in [0.29, 0.717) is 18.7 Å². The Kier molecular flexibility index (Phi) is 8.52. The molecule has 1 aliphatic rings. The second-order valence-electron chi connectivity index (χ2n) is 5.47. The number of hydrogen-bond acceptors (Lipinski definition) is 4. The predicted octanol–water partition coefficient (Wildman–Crippen LogP) is 1.37. The van der Waals surface area contributed by atoms with Crippen molar-refractivity contribution in [3.8, 4) is 0 Å². The second-order valence-corrected chi connectivity index (χ2v) is 6.46. The van der Waals surface area contributed by atoms with E-state index in [-0.39, 0.29) is 6.04 Å². The molecule has 0 radical (unpaired) electrons. The van der Waals surface area contributed by atoms with Crippen LogP contribution in [0.4, 0.5) is 4.79 Å². The third kappa shape index (κ3) is 7.04. The molecule has 122 valence electrons. The summed E-state index contributed by atoms with van der Waals surface area (Å²) >= 11 is 1.57. The maximum atomic E-state index is 11.8. The van der Waals surface area contributed by atoms with Crippen LogP contribution in [0.1, 0.15) is 32.6 Å². The number of rotatable bonds is 8. The van der Waals surface area contributed by atoms with Gasteiger partial charge >= 0.3 is 12.0 Å². The molecule has 7 heteroatoms. The lowest BCUT2D eigenvalue weighted by Crippen LogP contribution is -2.50. The summed E-state index contributed by atoms with van der Waals surface area (Å²) in [4.78, 5) is 25.2. The quantitative estimate of drug-likeness (QED) is 0.630. The van der Waals surface area contributed by atoms with E-state index in [4.69, 9.17) is 5.11 Å². The van der Waals surface area contributed by atoms with Crippen LogP contribution >= 0.6 is 11.8 Å². The lowest BCUT2D eigenvalue weighted by Gasteiger charge is -2.32. The molecule has 2 amide bonds. The first kappa shape index (κ1) is 18.1. The summed E-state index contributed by atoms with van der Waals surface area (Å²) in [6.45, 7) is 4.79. The maximum absolute atomic E-state index is 11.8. The summed E-state index contributed by atoms with van der Waals surface area (Å²) in [6, 6.07) is -0.930. The Morgan fingerprint density at radius 2 is 1.95 bits per heavy atom. The Balaban J connectivity index is 2.29. The first-order chi connectivity index (χ1) is 10.0. The van der Waals surface area contributed by atoms with Crippen molar-refractivity contribution in [2.24, 2.45) is 0 Å². The number of hydrogen-bond donors (Lipinski definition) is 3. The van der Waals surface area contributed by atoms with Crippen LogP contribution < -0.4 is 10.6 Å². The molecule has 0 bridgehead atoms. The second kappa shape index (κ2) is 9.89. The number of carboxylic acid groups (broad SMARTS) is 1. The van der Waals surface area contributed by atoms with E-state index in [1.807, 2.05) is 6.26 Å². The van der Waals surface area contributed by atoms with Crippen LogP contribution in [0.25, 0.3) is 0 Å². The highest BCUT2D eigenvalue weighted by molar-refractivity contribution is 7.98. The number of thioether (sulfide) groups is 1. The molecule has 1 unspecified atom stereocenters. The number of amides is 2. The highest BCUT2D eigenvalue weighted by Crippen LogP contribution is 2.11. The lowest BCUT2D eigenvalue weighted by molar-refractivity contribution is -0.139. The molecule has 0 spiro atoms. The van der Waals surface area contributed by atoms with Crippen molar-refractivity contribution in [2.45, 2.75) is 44.7 Å². The molecule has 1 saturated heterocycles. The van der Waals surface area contributed by atoms with Crippen molar-refractivity contribution in [3.63, 3.8) is 0 Å². The van der Waals surface area contributed by atoms with Crippen LogP contribution in [-0.2, 0) is 4.79 Å². The first-order valence-electron chi connectivity index (χ1n) is 7.54. The average molecular weight is 317 g/mol. The Morgan fingerprint density at radius 3 is 2.52 bits per heavy atom. The molecule has 0 aromatic carbocycles. The van der Waals surface area contributed by atoms with Crippen LogP contribution in [0.2, 0.25) is 0 Å². The molecule has 1 rings (SSSR count).